The number of phenolic OH excluding ortho intramolecular Hbond substituents is 1. The summed E-state index contributed by atoms with van der Waals surface area (Å²) in [6, 6.07) is 3.93. The molecule has 0 heterocycles. The lowest BCUT2D eigenvalue weighted by molar-refractivity contribution is -0.116. The third-order valence-corrected chi connectivity index (χ3v) is 5.44. The molecule has 156 valence electrons. The first-order valence-corrected chi connectivity index (χ1v) is 9.92. The van der Waals surface area contributed by atoms with E-state index in [2.05, 4.69) is 30.4 Å². The number of aldehydes is 1. The fourth-order valence-corrected chi connectivity index (χ4v) is 3.83. The summed E-state index contributed by atoms with van der Waals surface area (Å²) in [5, 5.41) is 10.5. The van der Waals surface area contributed by atoms with Crippen LogP contribution >= 0.6 is 0 Å². The molecule has 2 rings (SSSR count). The van der Waals surface area contributed by atoms with Gasteiger partial charge < -0.3 is 25.1 Å². The molecule has 1 fully saturated rings. The first kappa shape index (κ1) is 25.4. The average molecular weight is 382 g/mol. The van der Waals surface area contributed by atoms with Crippen molar-refractivity contribution in [1.82, 2.24) is 0 Å². The van der Waals surface area contributed by atoms with Gasteiger partial charge in [-0.2, -0.15) is 0 Å². The van der Waals surface area contributed by atoms with Crippen LogP contribution in [0.5, 0.6) is 11.5 Å². The highest BCUT2D eigenvalue weighted by atomic mass is 16.5. The minimum absolute atomic E-state index is 0.154. The molecule has 0 bridgehead atoms. The lowest BCUT2D eigenvalue weighted by Gasteiger charge is -2.38. The van der Waals surface area contributed by atoms with Gasteiger partial charge in [0.15, 0.2) is 11.5 Å². The fourth-order valence-electron chi connectivity index (χ4n) is 3.83. The molecule has 0 amide bonds. The number of nitrogens with two attached hydrogens (primary N) is 1. The van der Waals surface area contributed by atoms with Gasteiger partial charge >= 0.3 is 0 Å². The molecule has 27 heavy (non-hydrogen) atoms. The Morgan fingerprint density at radius 2 is 1.78 bits per heavy atom. The van der Waals surface area contributed by atoms with E-state index in [0.29, 0.717) is 11.5 Å². The highest BCUT2D eigenvalue weighted by Crippen LogP contribution is 2.49. The van der Waals surface area contributed by atoms with Crippen molar-refractivity contribution in [2.24, 2.45) is 5.73 Å². The van der Waals surface area contributed by atoms with Gasteiger partial charge in [-0.25, -0.2) is 0 Å². The number of methoxy groups -OCH3 is 2. The second-order valence-electron chi connectivity index (χ2n) is 6.82. The summed E-state index contributed by atoms with van der Waals surface area (Å²) in [6.45, 7) is 6.24. The number of carbonyl (C=O) groups is 1. The molecule has 0 aromatic heterocycles. The SMILES string of the molecule is CCC1(c2c(C)ccc(OC)c2O)CCCCC1.CC[C@H](C=O)OC.CN. The highest BCUT2D eigenvalue weighted by Gasteiger charge is 2.36. The van der Waals surface area contributed by atoms with Gasteiger partial charge in [0, 0.05) is 12.7 Å². The topological polar surface area (TPSA) is 81.8 Å². The van der Waals surface area contributed by atoms with Gasteiger partial charge in [-0.15, -0.1) is 0 Å². The van der Waals surface area contributed by atoms with E-state index in [9.17, 15) is 9.90 Å². The molecule has 1 aromatic carbocycles. The van der Waals surface area contributed by atoms with Crippen LogP contribution in [0.4, 0.5) is 0 Å². The van der Waals surface area contributed by atoms with E-state index >= 15 is 0 Å². The molecular formula is C22H39NO4. The number of phenols is 1. The number of rotatable bonds is 6. The Morgan fingerprint density at radius 1 is 1.19 bits per heavy atom. The standard InChI is InChI=1S/C16H24O2.C5H10O2.CH5N/c1-4-16(10-6-5-7-11-16)14-12(2)8-9-13(18-3)15(14)17;1-3-5(4-6)7-2;1-2/h8-9,17H,4-7,10-11H2,1-3H3;4-5H,3H2,1-2H3;2H2,1H3/t;5-;/m.1./s1. The molecule has 5 nitrogen and oxygen atoms in total. The lowest BCUT2D eigenvalue weighted by Crippen LogP contribution is -2.29. The number of benzene rings is 1. The number of aromatic hydroxyl groups is 1. The zero-order chi connectivity index (χ0) is 20.9. The van der Waals surface area contributed by atoms with Crippen LogP contribution in [0.3, 0.4) is 0 Å². The van der Waals surface area contributed by atoms with Crippen LogP contribution in [0, 0.1) is 6.92 Å². The maximum Gasteiger partial charge on any atom is 0.161 e. The van der Waals surface area contributed by atoms with Crippen LogP contribution in [-0.4, -0.2) is 38.8 Å². The molecule has 0 radical (unpaired) electrons. The molecule has 1 saturated carbocycles. The summed E-state index contributed by atoms with van der Waals surface area (Å²) >= 11 is 0. The summed E-state index contributed by atoms with van der Waals surface area (Å²) in [5.41, 5.74) is 6.97. The quantitative estimate of drug-likeness (QED) is 0.709. The molecule has 5 heteroatoms. The third kappa shape index (κ3) is 6.82. The maximum absolute atomic E-state index is 10.5. The van der Waals surface area contributed by atoms with Crippen molar-refractivity contribution < 1.29 is 19.4 Å². The summed E-state index contributed by atoms with van der Waals surface area (Å²) < 4.78 is 9.95. The Kier molecular flexibility index (Phi) is 12.8. The van der Waals surface area contributed by atoms with Crippen molar-refractivity contribution in [3.63, 3.8) is 0 Å². The Morgan fingerprint density at radius 3 is 2.15 bits per heavy atom. The van der Waals surface area contributed by atoms with Crippen molar-refractivity contribution in [1.29, 1.82) is 0 Å². The van der Waals surface area contributed by atoms with Gasteiger partial charge in [0.2, 0.25) is 0 Å². The van der Waals surface area contributed by atoms with E-state index in [0.717, 1.165) is 24.7 Å². The highest BCUT2D eigenvalue weighted by molar-refractivity contribution is 5.55. The van der Waals surface area contributed by atoms with Gasteiger partial charge in [0.05, 0.1) is 7.11 Å². The van der Waals surface area contributed by atoms with Crippen LogP contribution in [0.2, 0.25) is 0 Å². The fraction of sp³-hybridized carbons (Fsp3) is 0.682. The number of carbonyl (C=O) groups excluding carboxylic acids is 1. The zero-order valence-corrected chi connectivity index (χ0v) is 18.0. The average Bonchev–Trinajstić information content (AvgIpc) is 2.72. The number of hydrogen-bond acceptors (Lipinski definition) is 5. The predicted octanol–water partition coefficient (Wildman–Crippen LogP) is 4.51. The lowest BCUT2D eigenvalue weighted by atomic mass is 9.66. The first-order valence-electron chi connectivity index (χ1n) is 9.92. The molecule has 1 atom stereocenters. The van der Waals surface area contributed by atoms with Gasteiger partial charge in [0.25, 0.3) is 0 Å². The second-order valence-corrected chi connectivity index (χ2v) is 6.82. The largest absolute Gasteiger partial charge is 0.504 e. The number of ether oxygens (including phenoxy) is 2. The van der Waals surface area contributed by atoms with Gasteiger partial charge in [0.1, 0.15) is 12.4 Å². The second kappa shape index (κ2) is 13.6. The monoisotopic (exact) mass is 381 g/mol. The zero-order valence-electron chi connectivity index (χ0n) is 18.0. The van der Waals surface area contributed by atoms with Crippen LogP contribution in [0.15, 0.2) is 12.1 Å². The van der Waals surface area contributed by atoms with Gasteiger partial charge in [-0.1, -0.05) is 39.2 Å². The van der Waals surface area contributed by atoms with E-state index in [-0.39, 0.29) is 11.5 Å². The summed E-state index contributed by atoms with van der Waals surface area (Å²) in [4.78, 5) is 9.84. The summed E-state index contributed by atoms with van der Waals surface area (Å²) in [7, 11) is 4.65. The Labute approximate surface area is 165 Å². The van der Waals surface area contributed by atoms with Gasteiger partial charge in [-0.05, 0) is 56.7 Å². The Balaban J connectivity index is 0.000000637. The van der Waals surface area contributed by atoms with Crippen molar-refractivity contribution in [3.8, 4) is 11.5 Å². The summed E-state index contributed by atoms with van der Waals surface area (Å²) in [6.07, 6.45) is 8.70. The van der Waals surface area contributed by atoms with Crippen LogP contribution < -0.4 is 10.5 Å². The van der Waals surface area contributed by atoms with Crippen LogP contribution in [-0.2, 0) is 14.9 Å². The summed E-state index contributed by atoms with van der Waals surface area (Å²) in [5.74, 6) is 0.968. The van der Waals surface area contributed by atoms with E-state index < -0.39 is 0 Å². The molecule has 3 N–H and O–H groups in total. The number of hydrogen-bond donors (Lipinski definition) is 2. The van der Waals surface area contributed by atoms with Crippen LogP contribution in [0.25, 0.3) is 0 Å². The van der Waals surface area contributed by atoms with E-state index in [4.69, 9.17) is 4.74 Å². The van der Waals surface area contributed by atoms with E-state index in [1.54, 1.807) is 7.11 Å². The number of aryl methyl sites for hydroxylation is 1. The maximum atomic E-state index is 10.5. The minimum Gasteiger partial charge on any atom is -0.504 e. The molecule has 0 saturated heterocycles. The molecule has 0 spiro atoms. The Bertz CT molecular complexity index is 535. The van der Waals surface area contributed by atoms with E-state index in [1.807, 2.05) is 13.0 Å². The molecule has 1 aliphatic carbocycles. The van der Waals surface area contributed by atoms with Crippen molar-refractivity contribution >= 4 is 6.29 Å². The normalized spacial score (nSPS) is 16.1. The Hall–Kier alpha value is -1.59. The molecule has 1 aromatic rings. The van der Waals surface area contributed by atoms with Crippen LogP contribution in [0.1, 0.15) is 69.9 Å². The third-order valence-electron chi connectivity index (χ3n) is 5.44. The van der Waals surface area contributed by atoms with Crippen molar-refractivity contribution in [2.45, 2.75) is 77.2 Å². The van der Waals surface area contributed by atoms with Crippen molar-refractivity contribution in [2.75, 3.05) is 21.3 Å². The molecule has 0 aliphatic heterocycles. The minimum atomic E-state index is -0.194. The van der Waals surface area contributed by atoms with Crippen molar-refractivity contribution in [3.05, 3.63) is 23.3 Å². The smallest absolute Gasteiger partial charge is 0.161 e. The predicted molar refractivity (Wildman–Crippen MR) is 112 cm³/mol. The first-order chi connectivity index (χ1) is 13.0. The van der Waals surface area contributed by atoms with E-state index in [1.165, 1.54) is 51.8 Å². The van der Waals surface area contributed by atoms with Gasteiger partial charge in [-0.3, -0.25) is 0 Å². The molecular weight excluding hydrogens is 342 g/mol. The molecule has 1 aliphatic rings. The molecule has 0 unspecified atom stereocenters.